The molecule has 0 radical (unpaired) electrons. The highest BCUT2D eigenvalue weighted by molar-refractivity contribution is 6.31. The molecule has 110 valence electrons. The monoisotopic (exact) mass is 305 g/mol. The fraction of sp³-hybridized carbons (Fsp3) is 0.267. The minimum atomic E-state index is -0.273. The van der Waals surface area contributed by atoms with Crippen LogP contribution in [0.5, 0.6) is 5.75 Å². The second-order valence-electron chi connectivity index (χ2n) is 4.68. The summed E-state index contributed by atoms with van der Waals surface area (Å²) in [5, 5.41) is 3.41. The first-order valence-corrected chi connectivity index (χ1v) is 6.75. The van der Waals surface area contributed by atoms with Crippen LogP contribution in [0.3, 0.4) is 0 Å². The van der Waals surface area contributed by atoms with Gasteiger partial charge in [0.05, 0.1) is 29.7 Å². The van der Waals surface area contributed by atoms with Crippen LogP contribution in [0.4, 0.5) is 5.69 Å². The van der Waals surface area contributed by atoms with Gasteiger partial charge in [0.25, 0.3) is 5.91 Å². The summed E-state index contributed by atoms with van der Waals surface area (Å²) >= 11 is 6.06. The number of halogens is 1. The third-order valence-electron chi connectivity index (χ3n) is 3.18. The largest absolute Gasteiger partial charge is 0.495 e. The molecule has 21 heavy (non-hydrogen) atoms. The normalized spacial score (nSPS) is 10.3. The molecule has 0 aliphatic heterocycles. The van der Waals surface area contributed by atoms with E-state index in [1.165, 1.54) is 13.4 Å². The number of carbonyl (C=O) groups excluding carboxylic acids is 1. The Labute approximate surface area is 128 Å². The predicted octanol–water partition coefficient (Wildman–Crippen LogP) is 3.32. The quantitative estimate of drug-likeness (QED) is 0.945. The molecule has 0 unspecified atom stereocenters. The Balaban J connectivity index is 2.38. The van der Waals surface area contributed by atoms with Gasteiger partial charge in [0.15, 0.2) is 0 Å². The number of aryl methyl sites for hydroxylation is 3. The first-order valence-electron chi connectivity index (χ1n) is 6.37. The van der Waals surface area contributed by atoms with E-state index in [-0.39, 0.29) is 5.91 Å². The molecular formula is C15H16ClN3O2. The van der Waals surface area contributed by atoms with Crippen LogP contribution < -0.4 is 10.1 Å². The molecular weight excluding hydrogens is 290 g/mol. The molecule has 0 spiro atoms. The first-order chi connectivity index (χ1) is 9.93. The van der Waals surface area contributed by atoms with Gasteiger partial charge in [0, 0.05) is 11.1 Å². The van der Waals surface area contributed by atoms with Crippen LogP contribution in [0, 0.1) is 20.8 Å². The van der Waals surface area contributed by atoms with Gasteiger partial charge in [-0.1, -0.05) is 11.6 Å². The zero-order chi connectivity index (χ0) is 15.6. The molecule has 1 aromatic carbocycles. The van der Waals surface area contributed by atoms with E-state index >= 15 is 0 Å². The van der Waals surface area contributed by atoms with Crippen molar-refractivity contribution in [1.82, 2.24) is 9.97 Å². The highest BCUT2D eigenvalue weighted by Gasteiger charge is 2.16. The lowest BCUT2D eigenvalue weighted by atomic mass is 10.1. The summed E-state index contributed by atoms with van der Waals surface area (Å²) in [6, 6.07) is 3.45. The van der Waals surface area contributed by atoms with Crippen LogP contribution >= 0.6 is 11.6 Å². The van der Waals surface area contributed by atoms with Crippen LogP contribution in [0.25, 0.3) is 0 Å². The lowest BCUT2D eigenvalue weighted by molar-refractivity contribution is 0.102. The van der Waals surface area contributed by atoms with Crippen molar-refractivity contribution >= 4 is 23.2 Å². The van der Waals surface area contributed by atoms with E-state index in [1.807, 2.05) is 6.92 Å². The number of anilines is 1. The summed E-state index contributed by atoms with van der Waals surface area (Å²) in [6.45, 7) is 5.40. The van der Waals surface area contributed by atoms with Crippen molar-refractivity contribution < 1.29 is 9.53 Å². The van der Waals surface area contributed by atoms with Crippen molar-refractivity contribution in [3.05, 3.63) is 46.0 Å². The van der Waals surface area contributed by atoms with Crippen molar-refractivity contribution in [3.63, 3.8) is 0 Å². The number of methoxy groups -OCH3 is 1. The number of ether oxygens (including phenoxy) is 1. The number of benzene rings is 1. The minimum Gasteiger partial charge on any atom is -0.495 e. The van der Waals surface area contributed by atoms with Gasteiger partial charge in [-0.25, -0.2) is 9.97 Å². The number of nitrogens with one attached hydrogen (secondary N) is 1. The lowest BCUT2D eigenvalue weighted by Crippen LogP contribution is -2.17. The maximum atomic E-state index is 12.4. The van der Waals surface area contributed by atoms with E-state index < -0.39 is 0 Å². The average Bonchev–Trinajstić information content (AvgIpc) is 2.42. The van der Waals surface area contributed by atoms with Gasteiger partial charge < -0.3 is 10.1 Å². The summed E-state index contributed by atoms with van der Waals surface area (Å²) in [6.07, 6.45) is 1.44. The molecule has 0 aliphatic rings. The fourth-order valence-electron chi connectivity index (χ4n) is 2.04. The summed E-state index contributed by atoms with van der Waals surface area (Å²) in [5.74, 6) is 0.233. The van der Waals surface area contributed by atoms with Crippen molar-refractivity contribution in [2.75, 3.05) is 12.4 Å². The summed E-state index contributed by atoms with van der Waals surface area (Å²) in [7, 11) is 1.53. The summed E-state index contributed by atoms with van der Waals surface area (Å²) in [5.41, 5.74) is 3.14. The number of aromatic nitrogens is 2. The Bertz CT molecular complexity index is 681. The number of amides is 1. The topological polar surface area (TPSA) is 64.1 Å². The molecule has 0 saturated heterocycles. The molecule has 1 amide bonds. The molecule has 0 aliphatic carbocycles. The lowest BCUT2D eigenvalue weighted by Gasteiger charge is -2.13. The third-order valence-corrected chi connectivity index (χ3v) is 3.59. The van der Waals surface area contributed by atoms with Gasteiger partial charge in [-0.2, -0.15) is 0 Å². The molecule has 1 heterocycles. The molecule has 2 rings (SSSR count). The Hall–Kier alpha value is -2.14. The van der Waals surface area contributed by atoms with Gasteiger partial charge in [0.2, 0.25) is 0 Å². The van der Waals surface area contributed by atoms with Crippen LogP contribution in [0.15, 0.2) is 18.5 Å². The van der Waals surface area contributed by atoms with Gasteiger partial charge in [-0.3, -0.25) is 4.79 Å². The Morgan fingerprint density at radius 2 is 1.81 bits per heavy atom. The smallest absolute Gasteiger partial charge is 0.259 e. The Morgan fingerprint density at radius 1 is 1.19 bits per heavy atom. The highest BCUT2D eigenvalue weighted by atomic mass is 35.5. The number of hydrogen-bond donors (Lipinski definition) is 1. The standard InChI is InChI=1S/C15H16ClN3O2/c1-8-5-12(13(21-4)6-11(8)16)19-15(20)14-9(2)17-7-18-10(14)3/h5-7H,1-4H3,(H,19,20). The number of nitrogens with zero attached hydrogens (tertiary/aromatic N) is 2. The van der Waals surface area contributed by atoms with Crippen LogP contribution in [-0.4, -0.2) is 23.0 Å². The third kappa shape index (κ3) is 3.13. The molecule has 0 fully saturated rings. The average molecular weight is 306 g/mol. The molecule has 0 bridgehead atoms. The van der Waals surface area contributed by atoms with Crippen molar-refractivity contribution in [1.29, 1.82) is 0 Å². The second kappa shape index (κ2) is 6.10. The molecule has 5 nitrogen and oxygen atoms in total. The van der Waals surface area contributed by atoms with Gasteiger partial charge in [-0.15, -0.1) is 0 Å². The van der Waals surface area contributed by atoms with Crippen LogP contribution in [0.2, 0.25) is 5.02 Å². The molecule has 1 N–H and O–H groups in total. The number of carbonyl (C=O) groups is 1. The second-order valence-corrected chi connectivity index (χ2v) is 5.08. The van der Waals surface area contributed by atoms with E-state index in [0.29, 0.717) is 33.4 Å². The van der Waals surface area contributed by atoms with Gasteiger partial charge >= 0.3 is 0 Å². The fourth-order valence-corrected chi connectivity index (χ4v) is 2.19. The first kappa shape index (κ1) is 15.3. The summed E-state index contributed by atoms with van der Waals surface area (Å²) < 4.78 is 5.25. The van der Waals surface area contributed by atoms with Crippen molar-refractivity contribution in [2.24, 2.45) is 0 Å². The van der Waals surface area contributed by atoms with E-state index in [1.54, 1.807) is 26.0 Å². The molecule has 0 atom stereocenters. The van der Waals surface area contributed by atoms with E-state index in [2.05, 4.69) is 15.3 Å². The minimum absolute atomic E-state index is 0.273. The van der Waals surface area contributed by atoms with Crippen LogP contribution in [0.1, 0.15) is 27.3 Å². The maximum Gasteiger partial charge on any atom is 0.259 e. The SMILES string of the molecule is COc1cc(Cl)c(C)cc1NC(=O)c1c(C)ncnc1C. The van der Waals surface area contributed by atoms with Crippen molar-refractivity contribution in [2.45, 2.75) is 20.8 Å². The number of hydrogen-bond acceptors (Lipinski definition) is 4. The zero-order valence-electron chi connectivity index (χ0n) is 12.3. The summed E-state index contributed by atoms with van der Waals surface area (Å²) in [4.78, 5) is 20.5. The molecule has 6 heteroatoms. The van der Waals surface area contributed by atoms with E-state index in [0.717, 1.165) is 5.56 Å². The molecule has 1 aromatic heterocycles. The van der Waals surface area contributed by atoms with E-state index in [4.69, 9.17) is 16.3 Å². The Kier molecular flexibility index (Phi) is 4.43. The predicted molar refractivity (Wildman–Crippen MR) is 82.2 cm³/mol. The van der Waals surface area contributed by atoms with Crippen molar-refractivity contribution in [3.8, 4) is 5.75 Å². The van der Waals surface area contributed by atoms with Crippen LogP contribution in [-0.2, 0) is 0 Å². The molecule has 2 aromatic rings. The molecule has 0 saturated carbocycles. The maximum absolute atomic E-state index is 12.4. The van der Waals surface area contributed by atoms with Gasteiger partial charge in [0.1, 0.15) is 12.1 Å². The zero-order valence-corrected chi connectivity index (χ0v) is 13.1. The Morgan fingerprint density at radius 3 is 2.38 bits per heavy atom. The number of rotatable bonds is 3. The van der Waals surface area contributed by atoms with E-state index in [9.17, 15) is 4.79 Å². The van der Waals surface area contributed by atoms with Gasteiger partial charge in [-0.05, 0) is 32.4 Å². The highest BCUT2D eigenvalue weighted by Crippen LogP contribution is 2.31.